The molecule has 0 N–H and O–H groups in total. The van der Waals surface area contributed by atoms with Gasteiger partial charge in [0.25, 0.3) is 0 Å². The fraction of sp³-hybridized carbons (Fsp3) is 0.200. The van der Waals surface area contributed by atoms with E-state index in [0.29, 0.717) is 18.3 Å². The molecule has 0 radical (unpaired) electrons. The fourth-order valence-electron chi connectivity index (χ4n) is 2.23. The van der Waals surface area contributed by atoms with Gasteiger partial charge in [0, 0.05) is 16.7 Å². The Morgan fingerprint density at radius 3 is 2.81 bits per heavy atom. The number of hydrogen-bond donors (Lipinski definition) is 0. The summed E-state index contributed by atoms with van der Waals surface area (Å²) in [4.78, 5) is 8.80. The van der Waals surface area contributed by atoms with E-state index in [1.165, 1.54) is 0 Å². The quantitative estimate of drug-likeness (QED) is 0.656. The summed E-state index contributed by atoms with van der Waals surface area (Å²) < 4.78 is 8.20. The minimum absolute atomic E-state index is 0.371. The number of imidazole rings is 1. The minimum atomic E-state index is 0.371. The Kier molecular flexibility index (Phi) is 4.12. The van der Waals surface area contributed by atoms with Crippen molar-refractivity contribution in [1.29, 1.82) is 0 Å². The highest BCUT2D eigenvalue weighted by Crippen LogP contribution is 2.23. The van der Waals surface area contributed by atoms with Gasteiger partial charge >= 0.3 is 0 Å². The lowest BCUT2D eigenvalue weighted by Crippen LogP contribution is -2.04. The first kappa shape index (κ1) is 14.4. The molecule has 3 aromatic rings. The van der Waals surface area contributed by atoms with E-state index in [0.717, 1.165) is 26.9 Å². The van der Waals surface area contributed by atoms with Crippen molar-refractivity contribution in [3.8, 4) is 5.88 Å². The van der Waals surface area contributed by atoms with Gasteiger partial charge in [-0.3, -0.25) is 0 Å². The van der Waals surface area contributed by atoms with Gasteiger partial charge in [-0.05, 0) is 23.8 Å². The number of ether oxygens (including phenoxy) is 1. The molecule has 0 unspecified atom stereocenters. The number of alkyl halides is 1. The summed E-state index contributed by atoms with van der Waals surface area (Å²) in [6, 6.07) is 9.86. The van der Waals surface area contributed by atoms with E-state index in [1.54, 1.807) is 13.3 Å². The predicted octanol–water partition coefficient (Wildman–Crippen LogP) is 3.99. The monoisotopic (exact) mass is 365 g/mol. The number of rotatable bonds is 4. The van der Waals surface area contributed by atoms with Gasteiger partial charge in [-0.2, -0.15) is 0 Å². The summed E-state index contributed by atoms with van der Waals surface area (Å²) >= 11 is 9.53. The molecular weight excluding hydrogens is 354 g/mol. The minimum Gasteiger partial charge on any atom is -0.481 e. The third-order valence-electron chi connectivity index (χ3n) is 3.26. The second kappa shape index (κ2) is 6.03. The van der Waals surface area contributed by atoms with Crippen molar-refractivity contribution in [2.45, 2.75) is 12.4 Å². The van der Waals surface area contributed by atoms with Crippen LogP contribution >= 0.6 is 27.5 Å². The van der Waals surface area contributed by atoms with Crippen molar-refractivity contribution in [2.75, 3.05) is 7.11 Å². The molecule has 0 spiro atoms. The average Bonchev–Trinajstić information content (AvgIpc) is 2.85. The first-order chi connectivity index (χ1) is 10.2. The summed E-state index contributed by atoms with van der Waals surface area (Å²) in [5, 5.41) is 0. The van der Waals surface area contributed by atoms with Gasteiger partial charge < -0.3 is 9.30 Å². The van der Waals surface area contributed by atoms with E-state index in [-0.39, 0.29) is 0 Å². The lowest BCUT2D eigenvalue weighted by Gasteiger charge is -2.08. The number of hydrogen-bond acceptors (Lipinski definition) is 3. The van der Waals surface area contributed by atoms with E-state index >= 15 is 0 Å². The maximum atomic E-state index is 6.03. The zero-order valence-electron chi connectivity index (χ0n) is 11.4. The van der Waals surface area contributed by atoms with Gasteiger partial charge in [-0.1, -0.05) is 22.0 Å². The molecule has 0 aliphatic rings. The molecule has 0 saturated carbocycles. The van der Waals surface area contributed by atoms with Crippen LogP contribution in [0.3, 0.4) is 0 Å². The molecule has 6 heteroatoms. The molecule has 2 aromatic heterocycles. The van der Waals surface area contributed by atoms with Crippen molar-refractivity contribution in [3.05, 3.63) is 52.4 Å². The number of benzene rings is 1. The highest BCUT2D eigenvalue weighted by Gasteiger charge is 2.11. The normalized spacial score (nSPS) is 11.0. The zero-order chi connectivity index (χ0) is 14.8. The van der Waals surface area contributed by atoms with Crippen LogP contribution in [0.15, 0.2) is 41.0 Å². The summed E-state index contributed by atoms with van der Waals surface area (Å²) in [5.41, 5.74) is 3.06. The molecule has 0 aliphatic heterocycles. The zero-order valence-corrected chi connectivity index (χ0v) is 13.7. The van der Waals surface area contributed by atoms with Crippen LogP contribution < -0.4 is 4.74 Å². The topological polar surface area (TPSA) is 39.9 Å². The van der Waals surface area contributed by atoms with Crippen LogP contribution in [-0.4, -0.2) is 21.6 Å². The van der Waals surface area contributed by atoms with E-state index in [4.69, 9.17) is 16.3 Å². The van der Waals surface area contributed by atoms with Crippen molar-refractivity contribution >= 4 is 38.6 Å². The largest absolute Gasteiger partial charge is 0.481 e. The summed E-state index contributed by atoms with van der Waals surface area (Å²) in [6.45, 7) is 0.673. The number of pyridine rings is 1. The molecule has 0 atom stereocenters. The second-order valence-electron chi connectivity index (χ2n) is 4.59. The van der Waals surface area contributed by atoms with Crippen molar-refractivity contribution in [2.24, 2.45) is 0 Å². The van der Waals surface area contributed by atoms with Crippen LogP contribution in [0.25, 0.3) is 11.0 Å². The van der Waals surface area contributed by atoms with Crippen LogP contribution in [0.2, 0.25) is 0 Å². The van der Waals surface area contributed by atoms with Gasteiger partial charge in [0.15, 0.2) is 0 Å². The number of nitrogens with zero attached hydrogens (tertiary/aromatic N) is 3. The first-order valence-corrected chi connectivity index (χ1v) is 7.73. The molecule has 4 nitrogen and oxygen atoms in total. The molecule has 2 heterocycles. The first-order valence-electron chi connectivity index (χ1n) is 6.41. The SMILES string of the molecule is COc1ccc(Cn2c(CCl)nc3ccc(Br)cc32)cn1. The maximum Gasteiger partial charge on any atom is 0.212 e. The standard InChI is InChI=1S/C15H13BrClN3O/c1-21-15-5-2-10(8-18-15)9-20-13-6-11(16)3-4-12(13)19-14(20)7-17/h2-6,8H,7,9H2,1H3. The van der Waals surface area contributed by atoms with Gasteiger partial charge in [0.2, 0.25) is 5.88 Å². The lowest BCUT2D eigenvalue weighted by atomic mass is 10.2. The highest BCUT2D eigenvalue weighted by atomic mass is 79.9. The second-order valence-corrected chi connectivity index (χ2v) is 5.77. The van der Waals surface area contributed by atoms with E-state index in [9.17, 15) is 0 Å². The van der Waals surface area contributed by atoms with Crippen molar-refractivity contribution in [1.82, 2.24) is 14.5 Å². The van der Waals surface area contributed by atoms with Crippen LogP contribution in [0.5, 0.6) is 5.88 Å². The molecule has 3 rings (SSSR count). The Morgan fingerprint density at radius 2 is 2.14 bits per heavy atom. The fourth-order valence-corrected chi connectivity index (χ4v) is 2.79. The Bertz CT molecular complexity index is 770. The smallest absolute Gasteiger partial charge is 0.212 e. The van der Waals surface area contributed by atoms with E-state index < -0.39 is 0 Å². The Labute approximate surface area is 135 Å². The predicted molar refractivity (Wildman–Crippen MR) is 86.9 cm³/mol. The maximum absolute atomic E-state index is 6.03. The van der Waals surface area contributed by atoms with Gasteiger partial charge in [0.05, 0.1) is 30.6 Å². The van der Waals surface area contributed by atoms with Crippen molar-refractivity contribution in [3.63, 3.8) is 0 Å². The van der Waals surface area contributed by atoms with E-state index in [1.807, 2.05) is 24.3 Å². The molecule has 0 aliphatic carbocycles. The molecule has 0 fully saturated rings. The highest BCUT2D eigenvalue weighted by molar-refractivity contribution is 9.10. The van der Waals surface area contributed by atoms with Crippen LogP contribution in [0, 0.1) is 0 Å². The summed E-state index contributed by atoms with van der Waals surface area (Å²) in [7, 11) is 1.61. The van der Waals surface area contributed by atoms with Gasteiger partial charge in [-0.15, -0.1) is 11.6 Å². The molecule has 0 bridgehead atoms. The Balaban J connectivity index is 2.03. The van der Waals surface area contributed by atoms with Crippen molar-refractivity contribution < 1.29 is 4.74 Å². The van der Waals surface area contributed by atoms with Crippen LogP contribution in [0.4, 0.5) is 0 Å². The molecule has 21 heavy (non-hydrogen) atoms. The van der Waals surface area contributed by atoms with Crippen LogP contribution in [-0.2, 0) is 12.4 Å². The van der Waals surface area contributed by atoms with Gasteiger partial charge in [0.1, 0.15) is 5.82 Å². The number of methoxy groups -OCH3 is 1. The lowest BCUT2D eigenvalue weighted by molar-refractivity contribution is 0.397. The molecular formula is C15H13BrClN3O. The average molecular weight is 367 g/mol. The third-order valence-corrected chi connectivity index (χ3v) is 3.99. The summed E-state index contributed by atoms with van der Waals surface area (Å²) in [5.74, 6) is 1.82. The van der Waals surface area contributed by atoms with E-state index in [2.05, 4.69) is 36.5 Å². The molecule has 0 saturated heterocycles. The van der Waals surface area contributed by atoms with Crippen LogP contribution in [0.1, 0.15) is 11.4 Å². The molecule has 1 aromatic carbocycles. The van der Waals surface area contributed by atoms with Gasteiger partial charge in [-0.25, -0.2) is 9.97 Å². The Morgan fingerprint density at radius 1 is 1.29 bits per heavy atom. The summed E-state index contributed by atoms with van der Waals surface area (Å²) in [6.07, 6.45) is 1.81. The molecule has 0 amide bonds. The number of halogens is 2. The number of aromatic nitrogens is 3. The number of fused-ring (bicyclic) bond motifs is 1. The Hall–Kier alpha value is -1.59. The molecule has 108 valence electrons. The third kappa shape index (κ3) is 2.89.